The maximum absolute atomic E-state index is 5.58. The van der Waals surface area contributed by atoms with E-state index in [1.54, 1.807) is 14.2 Å². The highest BCUT2D eigenvalue weighted by molar-refractivity contribution is 5.79. The van der Waals surface area contributed by atoms with Crippen molar-refractivity contribution in [2.45, 2.75) is 40.0 Å². The van der Waals surface area contributed by atoms with Crippen molar-refractivity contribution in [3.63, 3.8) is 0 Å². The molecule has 2 rings (SSSR count). The van der Waals surface area contributed by atoms with Gasteiger partial charge in [0.15, 0.2) is 5.96 Å². The number of hydrogen-bond acceptors (Lipinski definition) is 3. The van der Waals surface area contributed by atoms with E-state index in [1.807, 2.05) is 18.5 Å². The normalized spacial score (nSPS) is 13.5. The second-order valence-electron chi connectivity index (χ2n) is 7.35. The van der Waals surface area contributed by atoms with Crippen molar-refractivity contribution in [1.29, 1.82) is 0 Å². The predicted molar refractivity (Wildman–Crippen MR) is 106 cm³/mol. The van der Waals surface area contributed by atoms with Crippen LogP contribution >= 0.6 is 0 Å². The van der Waals surface area contributed by atoms with E-state index in [1.165, 1.54) is 5.56 Å². The smallest absolute Gasteiger partial charge is 0.191 e. The van der Waals surface area contributed by atoms with Crippen molar-refractivity contribution in [3.05, 3.63) is 54.1 Å². The minimum atomic E-state index is 0.0620. The lowest BCUT2D eigenvalue weighted by Crippen LogP contribution is -2.45. The average Bonchev–Trinajstić information content (AvgIpc) is 3.05. The molecule has 26 heavy (non-hydrogen) atoms. The van der Waals surface area contributed by atoms with Gasteiger partial charge < -0.3 is 19.9 Å². The third-order valence-corrected chi connectivity index (χ3v) is 4.34. The molecule has 0 aliphatic carbocycles. The summed E-state index contributed by atoms with van der Waals surface area (Å²) in [5.74, 6) is 1.71. The van der Waals surface area contributed by atoms with Gasteiger partial charge >= 0.3 is 0 Å². The van der Waals surface area contributed by atoms with Gasteiger partial charge in [0.1, 0.15) is 5.82 Å². The molecule has 1 atom stereocenters. The van der Waals surface area contributed by atoms with E-state index in [4.69, 9.17) is 4.74 Å². The zero-order valence-electron chi connectivity index (χ0n) is 16.5. The number of ether oxygens (including phenoxy) is 1. The third kappa shape index (κ3) is 5.88. The molecule has 1 heterocycles. The van der Waals surface area contributed by atoms with Crippen LogP contribution in [-0.2, 0) is 17.8 Å². The van der Waals surface area contributed by atoms with E-state index in [9.17, 15) is 0 Å². The van der Waals surface area contributed by atoms with E-state index in [-0.39, 0.29) is 11.5 Å². The maximum Gasteiger partial charge on any atom is 0.191 e. The molecule has 0 spiro atoms. The van der Waals surface area contributed by atoms with E-state index in [2.05, 4.69) is 70.2 Å². The minimum Gasteiger partial charge on any atom is -0.379 e. The fraction of sp³-hybridized carbons (Fsp3) is 0.500. The van der Waals surface area contributed by atoms with Gasteiger partial charge in [-0.1, -0.05) is 51.1 Å². The Hall–Kier alpha value is -2.34. The number of benzene rings is 1. The zero-order chi connectivity index (χ0) is 19.0. The number of nitrogens with one attached hydrogen (secondary N) is 2. The molecule has 0 saturated heterocycles. The monoisotopic (exact) mass is 357 g/mol. The van der Waals surface area contributed by atoms with Crippen LogP contribution in [0.5, 0.6) is 0 Å². The van der Waals surface area contributed by atoms with Gasteiger partial charge in [-0.15, -0.1) is 0 Å². The first-order chi connectivity index (χ1) is 12.4. The number of aromatic nitrogens is 2. The summed E-state index contributed by atoms with van der Waals surface area (Å²) in [7, 11) is 3.51. The number of guanidine groups is 1. The Morgan fingerprint density at radius 3 is 2.58 bits per heavy atom. The van der Waals surface area contributed by atoms with Crippen LogP contribution in [0, 0.1) is 5.41 Å². The van der Waals surface area contributed by atoms with Gasteiger partial charge in [0, 0.05) is 39.6 Å². The second-order valence-corrected chi connectivity index (χ2v) is 7.35. The summed E-state index contributed by atoms with van der Waals surface area (Å²) < 4.78 is 7.73. The topological polar surface area (TPSA) is 63.5 Å². The molecule has 1 unspecified atom stereocenters. The lowest BCUT2D eigenvalue weighted by molar-refractivity contribution is 0.0205. The van der Waals surface area contributed by atoms with Crippen molar-refractivity contribution in [2.75, 3.05) is 20.7 Å². The van der Waals surface area contributed by atoms with Crippen molar-refractivity contribution in [2.24, 2.45) is 10.4 Å². The Balaban J connectivity index is 1.90. The van der Waals surface area contributed by atoms with Crippen molar-refractivity contribution >= 4 is 5.96 Å². The number of rotatable bonds is 7. The molecule has 6 heteroatoms. The van der Waals surface area contributed by atoms with Crippen molar-refractivity contribution in [1.82, 2.24) is 20.2 Å². The number of aliphatic imine (C=N–C) groups is 1. The maximum atomic E-state index is 5.58. The summed E-state index contributed by atoms with van der Waals surface area (Å²) >= 11 is 0. The van der Waals surface area contributed by atoms with E-state index < -0.39 is 0 Å². The molecule has 1 aromatic carbocycles. The van der Waals surface area contributed by atoms with Crippen molar-refractivity contribution in [3.8, 4) is 0 Å². The minimum absolute atomic E-state index is 0.0620. The Morgan fingerprint density at radius 1 is 1.23 bits per heavy atom. The van der Waals surface area contributed by atoms with Gasteiger partial charge in [-0.25, -0.2) is 4.98 Å². The SMILES string of the molecule is CN=C(NCc1nccn1Cc1ccccc1)NCC(OC)C(C)(C)C. The van der Waals surface area contributed by atoms with Gasteiger partial charge in [-0.3, -0.25) is 4.99 Å². The van der Waals surface area contributed by atoms with Crippen LogP contribution in [0.1, 0.15) is 32.2 Å². The van der Waals surface area contributed by atoms with Gasteiger partial charge in [-0.05, 0) is 11.0 Å². The lowest BCUT2D eigenvalue weighted by atomic mass is 9.89. The van der Waals surface area contributed by atoms with Crippen molar-refractivity contribution < 1.29 is 4.74 Å². The molecule has 0 aliphatic rings. The predicted octanol–water partition coefficient (Wildman–Crippen LogP) is 2.66. The van der Waals surface area contributed by atoms with Crippen LogP contribution in [0.4, 0.5) is 0 Å². The second kappa shape index (κ2) is 9.38. The summed E-state index contributed by atoms with van der Waals surface area (Å²) in [6, 6.07) is 10.4. The number of imidazole rings is 1. The molecule has 0 saturated carbocycles. The average molecular weight is 358 g/mol. The van der Waals surface area contributed by atoms with Gasteiger partial charge in [0.05, 0.1) is 12.6 Å². The van der Waals surface area contributed by atoms with Crippen LogP contribution in [0.25, 0.3) is 0 Å². The largest absolute Gasteiger partial charge is 0.379 e. The standard InChI is InChI=1S/C20H31N5O/c1-20(2,3)17(26-5)13-23-19(21-4)24-14-18-22-11-12-25(18)15-16-9-7-6-8-10-16/h6-12,17H,13-15H2,1-5H3,(H2,21,23,24). The summed E-state index contributed by atoms with van der Waals surface area (Å²) in [5.41, 5.74) is 1.31. The lowest BCUT2D eigenvalue weighted by Gasteiger charge is -2.30. The molecular weight excluding hydrogens is 326 g/mol. The molecule has 2 aromatic rings. The molecular formula is C20H31N5O. The molecule has 6 nitrogen and oxygen atoms in total. The van der Waals surface area contributed by atoms with E-state index in [0.29, 0.717) is 13.1 Å². The summed E-state index contributed by atoms with van der Waals surface area (Å²) in [5, 5.41) is 6.66. The first-order valence-corrected chi connectivity index (χ1v) is 8.95. The highest BCUT2D eigenvalue weighted by Crippen LogP contribution is 2.20. The van der Waals surface area contributed by atoms with E-state index >= 15 is 0 Å². The van der Waals surface area contributed by atoms with Crippen LogP contribution in [-0.4, -0.2) is 42.3 Å². The van der Waals surface area contributed by atoms with Gasteiger partial charge in [0.25, 0.3) is 0 Å². The first-order valence-electron chi connectivity index (χ1n) is 8.95. The molecule has 1 aromatic heterocycles. The Morgan fingerprint density at radius 2 is 1.96 bits per heavy atom. The Bertz CT molecular complexity index is 688. The van der Waals surface area contributed by atoms with Crippen LogP contribution in [0.15, 0.2) is 47.7 Å². The van der Waals surface area contributed by atoms with E-state index in [0.717, 1.165) is 18.3 Å². The number of nitrogens with zero attached hydrogens (tertiary/aromatic N) is 3. The fourth-order valence-electron chi connectivity index (χ4n) is 2.75. The molecule has 0 aliphatic heterocycles. The zero-order valence-corrected chi connectivity index (χ0v) is 16.5. The fourth-order valence-corrected chi connectivity index (χ4v) is 2.75. The summed E-state index contributed by atoms with van der Waals surface area (Å²) in [6.07, 6.45) is 3.93. The third-order valence-electron chi connectivity index (χ3n) is 4.34. The van der Waals surface area contributed by atoms with Gasteiger partial charge in [0.2, 0.25) is 0 Å². The number of methoxy groups -OCH3 is 1. The number of hydrogen-bond donors (Lipinski definition) is 2. The molecule has 0 fully saturated rings. The van der Waals surface area contributed by atoms with Crippen LogP contribution in [0.2, 0.25) is 0 Å². The molecule has 2 N–H and O–H groups in total. The first kappa shape index (κ1) is 20.0. The molecule has 142 valence electrons. The Kier molecular flexibility index (Phi) is 7.21. The van der Waals surface area contributed by atoms with Crippen LogP contribution in [0.3, 0.4) is 0 Å². The van der Waals surface area contributed by atoms with Gasteiger partial charge in [-0.2, -0.15) is 0 Å². The molecule has 0 bridgehead atoms. The summed E-state index contributed by atoms with van der Waals surface area (Å²) in [4.78, 5) is 8.75. The Labute approximate surface area is 156 Å². The highest BCUT2D eigenvalue weighted by atomic mass is 16.5. The van der Waals surface area contributed by atoms with Crippen LogP contribution < -0.4 is 10.6 Å². The molecule has 0 radical (unpaired) electrons. The summed E-state index contributed by atoms with van der Waals surface area (Å²) in [6.45, 7) is 8.60. The quantitative estimate of drug-likeness (QED) is 0.591. The highest BCUT2D eigenvalue weighted by Gasteiger charge is 2.24. The molecule has 0 amide bonds.